The Balaban J connectivity index is 1.53. The topological polar surface area (TPSA) is 97.8 Å². The van der Waals surface area contributed by atoms with Crippen molar-refractivity contribution in [1.82, 2.24) is 9.29 Å². The van der Waals surface area contributed by atoms with E-state index in [1.54, 1.807) is 50.6 Å². The van der Waals surface area contributed by atoms with Crippen molar-refractivity contribution in [2.75, 3.05) is 26.1 Å². The highest BCUT2D eigenvalue weighted by Crippen LogP contribution is 2.35. The van der Waals surface area contributed by atoms with Crippen LogP contribution in [-0.2, 0) is 14.8 Å². The second kappa shape index (κ2) is 9.50. The zero-order valence-corrected chi connectivity index (χ0v) is 20.2. The molecule has 8 nitrogen and oxygen atoms in total. The van der Waals surface area contributed by atoms with Crippen LogP contribution in [0, 0.1) is 6.92 Å². The number of amides is 1. The van der Waals surface area contributed by atoms with Gasteiger partial charge in [-0.15, -0.1) is 11.3 Å². The van der Waals surface area contributed by atoms with Gasteiger partial charge in [0.1, 0.15) is 17.5 Å². The maximum atomic E-state index is 13.1. The number of anilines is 1. The fourth-order valence-electron chi connectivity index (χ4n) is 3.79. The first-order valence-corrected chi connectivity index (χ1v) is 12.7. The lowest BCUT2D eigenvalue weighted by Crippen LogP contribution is -2.43. The molecule has 10 heteroatoms. The Kier molecular flexibility index (Phi) is 6.68. The quantitative estimate of drug-likeness (QED) is 0.542. The average molecular weight is 488 g/mol. The van der Waals surface area contributed by atoms with E-state index in [9.17, 15) is 13.2 Å². The van der Waals surface area contributed by atoms with Crippen molar-refractivity contribution in [3.8, 4) is 22.8 Å². The Morgan fingerprint density at radius 3 is 2.61 bits per heavy atom. The van der Waals surface area contributed by atoms with Crippen LogP contribution in [0.2, 0.25) is 0 Å². The number of carbonyl (C=O) groups excluding carboxylic acids is 1. The lowest BCUT2D eigenvalue weighted by molar-refractivity contribution is -0.119. The van der Waals surface area contributed by atoms with Gasteiger partial charge in [0.25, 0.3) is 0 Å². The van der Waals surface area contributed by atoms with Crippen molar-refractivity contribution in [3.05, 3.63) is 53.4 Å². The molecule has 1 N–H and O–H groups in total. The van der Waals surface area contributed by atoms with Crippen LogP contribution in [0.5, 0.6) is 11.5 Å². The number of methoxy groups -OCH3 is 2. The Morgan fingerprint density at radius 2 is 1.91 bits per heavy atom. The number of hydrogen-bond acceptors (Lipinski definition) is 7. The number of thiazole rings is 1. The molecule has 0 radical (unpaired) electrons. The summed E-state index contributed by atoms with van der Waals surface area (Å²) < 4.78 is 38.3. The van der Waals surface area contributed by atoms with Gasteiger partial charge < -0.3 is 14.8 Å². The number of aromatic nitrogens is 1. The van der Waals surface area contributed by atoms with Crippen molar-refractivity contribution in [1.29, 1.82) is 0 Å². The molecule has 174 valence electrons. The number of nitrogens with one attached hydrogen (secondary N) is 1. The molecule has 1 fully saturated rings. The molecule has 2 heterocycles. The zero-order chi connectivity index (χ0) is 23.6. The Hall–Kier alpha value is -2.95. The predicted octanol–water partition coefficient (Wildman–Crippen LogP) is 3.93. The molecule has 4 rings (SSSR count). The van der Waals surface area contributed by atoms with Crippen LogP contribution in [0.1, 0.15) is 18.4 Å². The average Bonchev–Trinajstić information content (AvgIpc) is 3.49. The summed E-state index contributed by atoms with van der Waals surface area (Å²) in [6.45, 7) is 2.20. The minimum Gasteiger partial charge on any atom is -0.497 e. The highest BCUT2D eigenvalue weighted by Gasteiger charge is 2.39. The number of ether oxygens (including phenoxy) is 2. The van der Waals surface area contributed by atoms with Crippen LogP contribution in [0.15, 0.2) is 52.7 Å². The van der Waals surface area contributed by atoms with Crippen molar-refractivity contribution >= 4 is 32.4 Å². The summed E-state index contributed by atoms with van der Waals surface area (Å²) in [6.07, 6.45) is 1.08. The first kappa shape index (κ1) is 23.2. The Labute approximate surface area is 197 Å². The van der Waals surface area contributed by atoms with E-state index in [1.807, 2.05) is 18.4 Å². The van der Waals surface area contributed by atoms with E-state index in [2.05, 4.69) is 10.3 Å². The lowest BCUT2D eigenvalue weighted by atomic mass is 10.1. The first-order valence-electron chi connectivity index (χ1n) is 10.4. The summed E-state index contributed by atoms with van der Waals surface area (Å²) in [6, 6.07) is 11.3. The predicted molar refractivity (Wildman–Crippen MR) is 127 cm³/mol. The SMILES string of the molecule is COc1ccc(OC)c(-c2csc(NC(=O)C3CCCN3S(=O)(=O)c3ccc(C)cc3)n2)c1. The smallest absolute Gasteiger partial charge is 0.244 e. The van der Waals surface area contributed by atoms with E-state index in [1.165, 1.54) is 15.6 Å². The molecule has 1 amide bonds. The summed E-state index contributed by atoms with van der Waals surface area (Å²) in [5.41, 5.74) is 2.33. The number of rotatable bonds is 7. The molecular formula is C23H25N3O5S2. The Morgan fingerprint density at radius 1 is 1.15 bits per heavy atom. The highest BCUT2D eigenvalue weighted by atomic mass is 32.2. The largest absolute Gasteiger partial charge is 0.497 e. The van der Waals surface area contributed by atoms with Gasteiger partial charge in [-0.25, -0.2) is 13.4 Å². The molecule has 0 saturated carbocycles. The molecule has 1 aliphatic rings. The number of sulfonamides is 1. The van der Waals surface area contributed by atoms with E-state index in [0.29, 0.717) is 41.7 Å². The van der Waals surface area contributed by atoms with Gasteiger partial charge in [0.15, 0.2) is 5.13 Å². The summed E-state index contributed by atoms with van der Waals surface area (Å²) in [5, 5.41) is 4.99. The molecule has 1 aromatic heterocycles. The molecule has 0 aliphatic carbocycles. The van der Waals surface area contributed by atoms with Crippen molar-refractivity contribution in [2.45, 2.75) is 30.7 Å². The molecule has 0 spiro atoms. The van der Waals surface area contributed by atoms with Crippen LogP contribution in [0.3, 0.4) is 0 Å². The first-order chi connectivity index (χ1) is 15.8. The summed E-state index contributed by atoms with van der Waals surface area (Å²) in [7, 11) is -0.619. The molecule has 1 aliphatic heterocycles. The van der Waals surface area contributed by atoms with E-state index in [4.69, 9.17) is 9.47 Å². The monoisotopic (exact) mass is 487 g/mol. The number of nitrogens with zero attached hydrogens (tertiary/aromatic N) is 2. The number of aryl methyl sites for hydroxylation is 1. The summed E-state index contributed by atoms with van der Waals surface area (Å²) in [4.78, 5) is 17.7. The second-order valence-corrected chi connectivity index (χ2v) is 10.4. The van der Waals surface area contributed by atoms with Crippen molar-refractivity contribution in [3.63, 3.8) is 0 Å². The fourth-order valence-corrected chi connectivity index (χ4v) is 6.16. The highest BCUT2D eigenvalue weighted by molar-refractivity contribution is 7.89. The van der Waals surface area contributed by atoms with E-state index < -0.39 is 16.1 Å². The van der Waals surface area contributed by atoms with E-state index >= 15 is 0 Å². The molecule has 1 unspecified atom stereocenters. The van der Waals surface area contributed by atoms with Crippen molar-refractivity contribution < 1.29 is 22.7 Å². The van der Waals surface area contributed by atoms with Gasteiger partial charge in [-0.05, 0) is 50.1 Å². The van der Waals surface area contributed by atoms with E-state index in [0.717, 1.165) is 11.1 Å². The third-order valence-corrected chi connectivity index (χ3v) is 8.23. The van der Waals surface area contributed by atoms with Gasteiger partial charge in [-0.3, -0.25) is 4.79 Å². The molecular weight excluding hydrogens is 462 g/mol. The zero-order valence-electron chi connectivity index (χ0n) is 18.6. The lowest BCUT2D eigenvalue weighted by Gasteiger charge is -2.23. The van der Waals surface area contributed by atoms with Gasteiger partial charge in [0.2, 0.25) is 15.9 Å². The van der Waals surface area contributed by atoms with Gasteiger partial charge >= 0.3 is 0 Å². The number of carbonyl (C=O) groups is 1. The van der Waals surface area contributed by atoms with Gasteiger partial charge in [0, 0.05) is 17.5 Å². The van der Waals surface area contributed by atoms with Crippen LogP contribution < -0.4 is 14.8 Å². The third kappa shape index (κ3) is 4.73. The Bertz CT molecular complexity index is 1260. The third-order valence-electron chi connectivity index (χ3n) is 5.55. The van der Waals surface area contributed by atoms with Crippen LogP contribution in [-0.4, -0.2) is 50.4 Å². The van der Waals surface area contributed by atoms with Gasteiger partial charge in [-0.1, -0.05) is 17.7 Å². The van der Waals surface area contributed by atoms with Gasteiger partial charge in [-0.2, -0.15) is 4.31 Å². The fraction of sp³-hybridized carbons (Fsp3) is 0.304. The van der Waals surface area contributed by atoms with Gasteiger partial charge in [0.05, 0.1) is 24.8 Å². The van der Waals surface area contributed by atoms with Crippen molar-refractivity contribution in [2.24, 2.45) is 0 Å². The van der Waals surface area contributed by atoms with Crippen LogP contribution in [0.25, 0.3) is 11.3 Å². The minimum atomic E-state index is -3.77. The number of hydrogen-bond donors (Lipinski definition) is 1. The van der Waals surface area contributed by atoms with E-state index in [-0.39, 0.29) is 10.8 Å². The standard InChI is InChI=1S/C23H25N3O5S2/c1-15-6-9-17(10-7-15)33(28,29)26-12-4-5-20(26)22(27)25-23-24-19(14-32-23)18-13-16(30-2)8-11-21(18)31-3/h6-11,13-14,20H,4-5,12H2,1-3H3,(H,24,25,27). The molecule has 33 heavy (non-hydrogen) atoms. The van der Waals surface area contributed by atoms with Crippen LogP contribution in [0.4, 0.5) is 5.13 Å². The maximum absolute atomic E-state index is 13.1. The molecule has 2 aromatic carbocycles. The normalized spacial score (nSPS) is 16.5. The minimum absolute atomic E-state index is 0.189. The molecule has 1 saturated heterocycles. The molecule has 3 aromatic rings. The molecule has 1 atom stereocenters. The summed E-state index contributed by atoms with van der Waals surface area (Å²) in [5.74, 6) is 0.902. The summed E-state index contributed by atoms with van der Waals surface area (Å²) >= 11 is 1.26. The molecule has 0 bridgehead atoms. The second-order valence-electron chi connectivity index (χ2n) is 7.68. The maximum Gasteiger partial charge on any atom is 0.244 e. The van der Waals surface area contributed by atoms with Crippen LogP contribution >= 0.6 is 11.3 Å². The number of benzene rings is 2.